The predicted octanol–water partition coefficient (Wildman–Crippen LogP) is 1.58. The number of unbranched alkanes of at least 4 members (excludes halogenated alkanes) is 2. The molecule has 8 heteroatoms. The third-order valence-corrected chi connectivity index (χ3v) is 4.32. The van der Waals surface area contributed by atoms with Crippen LogP contribution in [0.1, 0.15) is 33.1 Å². The van der Waals surface area contributed by atoms with Crippen LogP contribution in [0.3, 0.4) is 0 Å². The van der Waals surface area contributed by atoms with E-state index < -0.39 is 6.04 Å². The molecule has 0 aromatic heterocycles. The van der Waals surface area contributed by atoms with E-state index in [1.807, 2.05) is 10.7 Å². The van der Waals surface area contributed by atoms with E-state index in [4.69, 9.17) is 11.6 Å². The summed E-state index contributed by atoms with van der Waals surface area (Å²) in [6.45, 7) is 5.16. The molecule has 1 unspecified atom stereocenters. The zero-order chi connectivity index (χ0) is 17.9. The molecule has 0 spiro atoms. The average Bonchev–Trinajstić information content (AvgIpc) is 2.91. The van der Waals surface area contributed by atoms with E-state index in [9.17, 15) is 9.59 Å². The van der Waals surface area contributed by atoms with Gasteiger partial charge in [-0.05, 0) is 19.4 Å². The standard InChI is InChI=1S/C16H24ClN5O2/c1-5-6-7-9-18-15-19-13-12(22(15)10-8-11(2)17)14(23)21(4)16(24)20(13)3/h8,12H,5-7,9-10H2,1-4H3/p+1/b11-8+. The zero-order valence-corrected chi connectivity index (χ0v) is 15.4. The highest BCUT2D eigenvalue weighted by molar-refractivity contribution is 6.29. The monoisotopic (exact) mass is 354 g/mol. The lowest BCUT2D eigenvalue weighted by molar-refractivity contribution is -0.527. The van der Waals surface area contributed by atoms with Crippen LogP contribution in [-0.4, -0.2) is 71.3 Å². The van der Waals surface area contributed by atoms with Crippen molar-refractivity contribution in [3.63, 3.8) is 0 Å². The Morgan fingerprint density at radius 1 is 1.33 bits per heavy atom. The van der Waals surface area contributed by atoms with E-state index in [1.54, 1.807) is 14.0 Å². The number of nitrogens with zero attached hydrogens (tertiary/aromatic N) is 4. The number of hydrogen-bond donors (Lipinski definition) is 1. The van der Waals surface area contributed by atoms with Gasteiger partial charge in [0.1, 0.15) is 0 Å². The fourth-order valence-electron chi connectivity index (χ4n) is 2.73. The first-order valence-corrected chi connectivity index (χ1v) is 8.59. The Labute approximate surface area is 147 Å². The number of hydrogen-bond acceptors (Lipinski definition) is 4. The number of imide groups is 1. The van der Waals surface area contributed by atoms with Crippen molar-refractivity contribution in [3.05, 3.63) is 11.1 Å². The van der Waals surface area contributed by atoms with E-state index in [-0.39, 0.29) is 11.9 Å². The molecule has 1 N–H and O–H groups in total. The smallest absolute Gasteiger partial charge is 0.275 e. The van der Waals surface area contributed by atoms with Gasteiger partial charge in [0.05, 0.1) is 13.1 Å². The molecule has 1 saturated heterocycles. The number of carbonyl (C=O) groups is 2. The molecule has 24 heavy (non-hydrogen) atoms. The SMILES string of the molecule is CCCCCNC1=[N+](C/C=C(\C)Cl)C2C(=O)N(C)C(=O)N(C)C2=N1. The number of allylic oxidation sites excluding steroid dienone is 1. The average molecular weight is 355 g/mol. The molecule has 7 nitrogen and oxygen atoms in total. The highest BCUT2D eigenvalue weighted by Crippen LogP contribution is 2.18. The summed E-state index contributed by atoms with van der Waals surface area (Å²) in [4.78, 5) is 31.8. The van der Waals surface area contributed by atoms with E-state index in [1.165, 1.54) is 11.9 Å². The highest BCUT2D eigenvalue weighted by Gasteiger charge is 2.51. The molecule has 1 atom stereocenters. The van der Waals surface area contributed by atoms with Crippen LogP contribution < -0.4 is 5.32 Å². The van der Waals surface area contributed by atoms with Gasteiger partial charge in [-0.15, -0.1) is 0 Å². The molecular formula is C16H25ClN5O2+. The summed E-state index contributed by atoms with van der Waals surface area (Å²) >= 11 is 5.95. The van der Waals surface area contributed by atoms with Crippen LogP contribution >= 0.6 is 11.6 Å². The van der Waals surface area contributed by atoms with Crippen molar-refractivity contribution in [1.29, 1.82) is 0 Å². The zero-order valence-electron chi connectivity index (χ0n) is 14.7. The molecule has 0 aliphatic carbocycles. The van der Waals surface area contributed by atoms with Gasteiger partial charge >= 0.3 is 12.0 Å². The van der Waals surface area contributed by atoms with Crippen molar-refractivity contribution in [2.24, 2.45) is 4.99 Å². The molecule has 3 amide bonds. The third kappa shape index (κ3) is 3.61. The number of carbonyl (C=O) groups excluding carboxylic acids is 2. The molecule has 2 rings (SSSR count). The first-order chi connectivity index (χ1) is 11.4. The molecule has 132 valence electrons. The summed E-state index contributed by atoms with van der Waals surface area (Å²) in [7, 11) is 3.13. The van der Waals surface area contributed by atoms with Gasteiger partial charge in [-0.25, -0.2) is 9.37 Å². The van der Waals surface area contributed by atoms with Crippen molar-refractivity contribution in [2.45, 2.75) is 39.2 Å². The molecular weight excluding hydrogens is 330 g/mol. The lowest BCUT2D eigenvalue weighted by Gasteiger charge is -2.31. The molecule has 2 heterocycles. The highest BCUT2D eigenvalue weighted by atomic mass is 35.5. The lowest BCUT2D eigenvalue weighted by atomic mass is 10.1. The van der Waals surface area contributed by atoms with Gasteiger partial charge < -0.3 is 0 Å². The van der Waals surface area contributed by atoms with Crippen molar-refractivity contribution >= 4 is 35.3 Å². The van der Waals surface area contributed by atoms with Crippen LogP contribution in [0, 0.1) is 0 Å². The predicted molar refractivity (Wildman–Crippen MR) is 94.4 cm³/mol. The summed E-state index contributed by atoms with van der Waals surface area (Å²) in [6.07, 6.45) is 5.11. The van der Waals surface area contributed by atoms with Crippen LogP contribution in [-0.2, 0) is 4.79 Å². The van der Waals surface area contributed by atoms with Crippen molar-refractivity contribution in [2.75, 3.05) is 27.2 Å². The molecule has 0 saturated carbocycles. The molecule has 0 aromatic carbocycles. The second kappa shape index (κ2) is 7.79. The molecule has 0 radical (unpaired) electrons. The maximum absolute atomic E-state index is 12.6. The van der Waals surface area contributed by atoms with E-state index in [0.717, 1.165) is 30.7 Å². The van der Waals surface area contributed by atoms with Crippen LogP contribution in [0.5, 0.6) is 0 Å². The number of amidine groups is 1. The van der Waals surface area contributed by atoms with Gasteiger partial charge in [-0.1, -0.05) is 36.4 Å². The quantitative estimate of drug-likeness (QED) is 0.581. The maximum atomic E-state index is 12.6. The summed E-state index contributed by atoms with van der Waals surface area (Å²) in [6, 6.07) is -0.968. The minimum atomic E-state index is -0.598. The van der Waals surface area contributed by atoms with Gasteiger partial charge in [-0.3, -0.25) is 19.9 Å². The van der Waals surface area contributed by atoms with Crippen LogP contribution in [0.25, 0.3) is 0 Å². The van der Waals surface area contributed by atoms with Crippen LogP contribution in [0.2, 0.25) is 0 Å². The largest absolute Gasteiger partial charge is 0.390 e. The Morgan fingerprint density at radius 3 is 2.67 bits per heavy atom. The fourth-order valence-corrected chi connectivity index (χ4v) is 2.80. The van der Waals surface area contributed by atoms with Crippen LogP contribution in [0.15, 0.2) is 16.1 Å². The number of aliphatic imine (C=N–C) groups is 1. The summed E-state index contributed by atoms with van der Waals surface area (Å²) < 4.78 is 1.86. The van der Waals surface area contributed by atoms with Gasteiger partial charge in [0.15, 0.2) is 0 Å². The Balaban J connectivity index is 2.30. The first-order valence-electron chi connectivity index (χ1n) is 8.22. The number of halogens is 1. The van der Waals surface area contributed by atoms with Gasteiger partial charge in [0.2, 0.25) is 11.9 Å². The summed E-state index contributed by atoms with van der Waals surface area (Å²) in [5, 5.41) is 3.94. The fraction of sp³-hybridized carbons (Fsp3) is 0.625. The molecule has 1 fully saturated rings. The second-order valence-corrected chi connectivity index (χ2v) is 6.61. The van der Waals surface area contributed by atoms with Crippen molar-refractivity contribution in [3.8, 4) is 0 Å². The number of rotatable bonds is 6. The van der Waals surface area contributed by atoms with E-state index >= 15 is 0 Å². The molecule has 2 aliphatic rings. The number of likely N-dealkylation sites (N-methyl/N-ethyl adjacent to an activating group) is 2. The van der Waals surface area contributed by atoms with Gasteiger partial charge in [0.25, 0.3) is 5.91 Å². The number of urea groups is 1. The third-order valence-electron chi connectivity index (χ3n) is 4.16. The number of guanidine groups is 1. The number of fused-ring (bicyclic) bond motifs is 1. The minimum absolute atomic E-state index is 0.275. The number of amides is 3. The summed E-state index contributed by atoms with van der Waals surface area (Å²) in [5.41, 5.74) is 0. The summed E-state index contributed by atoms with van der Waals surface area (Å²) in [5.74, 6) is 0.799. The lowest BCUT2D eigenvalue weighted by Crippen LogP contribution is -2.61. The van der Waals surface area contributed by atoms with E-state index in [2.05, 4.69) is 17.2 Å². The minimum Gasteiger partial charge on any atom is -0.275 e. The van der Waals surface area contributed by atoms with Gasteiger partial charge in [0, 0.05) is 19.1 Å². The van der Waals surface area contributed by atoms with Crippen LogP contribution in [0.4, 0.5) is 4.79 Å². The topological polar surface area (TPSA) is 68.0 Å². The maximum Gasteiger partial charge on any atom is 0.390 e. The van der Waals surface area contributed by atoms with Gasteiger partial charge in [-0.2, -0.15) is 0 Å². The Morgan fingerprint density at radius 2 is 2.04 bits per heavy atom. The Hall–Kier alpha value is -1.89. The first kappa shape index (κ1) is 18.4. The molecule has 2 aliphatic heterocycles. The number of nitrogens with one attached hydrogen (secondary N) is 1. The normalized spacial score (nSPS) is 21.5. The molecule has 0 aromatic rings. The Kier molecular flexibility index (Phi) is 5.99. The van der Waals surface area contributed by atoms with Crippen molar-refractivity contribution < 1.29 is 14.2 Å². The molecule has 0 bridgehead atoms. The van der Waals surface area contributed by atoms with Crippen molar-refractivity contribution in [1.82, 2.24) is 15.1 Å². The second-order valence-electron chi connectivity index (χ2n) is 6.01. The van der Waals surface area contributed by atoms with E-state index in [0.29, 0.717) is 23.4 Å². The Bertz CT molecular complexity index is 622.